The van der Waals surface area contributed by atoms with Crippen LogP contribution in [0.3, 0.4) is 0 Å². The molecule has 0 spiro atoms. The highest BCUT2D eigenvalue weighted by atomic mass is 16.5. The Labute approximate surface area is 175 Å². The number of ketones is 1. The first kappa shape index (κ1) is 20.0. The number of aliphatic hydroxyl groups excluding tert-OH is 1. The summed E-state index contributed by atoms with van der Waals surface area (Å²) in [5.74, 6) is -1.01. The van der Waals surface area contributed by atoms with Crippen LogP contribution in [0.2, 0.25) is 0 Å². The van der Waals surface area contributed by atoms with Crippen LogP contribution in [0.25, 0.3) is 5.76 Å². The number of benzene rings is 2. The van der Waals surface area contributed by atoms with Gasteiger partial charge in [0.25, 0.3) is 11.7 Å². The van der Waals surface area contributed by atoms with E-state index in [0.717, 1.165) is 31.2 Å². The topological polar surface area (TPSA) is 87.1 Å². The molecule has 6 nitrogen and oxygen atoms in total. The minimum Gasteiger partial charge on any atom is -0.508 e. The molecule has 2 aromatic carbocycles. The molecule has 1 aliphatic carbocycles. The second-order valence-electron chi connectivity index (χ2n) is 7.94. The zero-order valence-electron chi connectivity index (χ0n) is 17.1. The Kier molecular flexibility index (Phi) is 5.24. The van der Waals surface area contributed by atoms with E-state index in [1.807, 2.05) is 13.0 Å². The van der Waals surface area contributed by atoms with Crippen LogP contribution in [-0.2, 0) is 9.59 Å². The summed E-state index contributed by atoms with van der Waals surface area (Å²) in [6, 6.07) is 11.0. The van der Waals surface area contributed by atoms with Crippen molar-refractivity contribution in [2.45, 2.75) is 44.7 Å². The molecule has 0 radical (unpaired) electrons. The van der Waals surface area contributed by atoms with Gasteiger partial charge in [0.1, 0.15) is 17.3 Å². The number of aromatic hydroxyl groups is 1. The van der Waals surface area contributed by atoms with Crippen LogP contribution in [0.5, 0.6) is 11.5 Å². The molecule has 0 aromatic heterocycles. The van der Waals surface area contributed by atoms with Crippen molar-refractivity contribution in [3.8, 4) is 11.5 Å². The molecule has 4 rings (SSSR count). The number of rotatable bonds is 4. The number of carbonyl (C=O) groups is 2. The number of Topliss-reactive ketones (excluding diaryl/α,β-unsaturated/α-hetero) is 1. The number of likely N-dealkylation sites (tertiary alicyclic amines) is 1. The minimum atomic E-state index is -0.709. The van der Waals surface area contributed by atoms with E-state index in [9.17, 15) is 19.8 Å². The Bertz CT molecular complexity index is 1020. The predicted octanol–water partition coefficient (Wildman–Crippen LogP) is 4.07. The largest absolute Gasteiger partial charge is 0.508 e. The first-order valence-electron chi connectivity index (χ1n) is 10.2. The zero-order chi connectivity index (χ0) is 21.4. The Hall–Kier alpha value is -3.28. The van der Waals surface area contributed by atoms with Crippen molar-refractivity contribution in [1.82, 2.24) is 4.90 Å². The summed E-state index contributed by atoms with van der Waals surface area (Å²) < 4.78 is 5.39. The molecule has 2 aliphatic rings. The summed E-state index contributed by atoms with van der Waals surface area (Å²) >= 11 is 0. The van der Waals surface area contributed by atoms with E-state index in [-0.39, 0.29) is 23.1 Å². The van der Waals surface area contributed by atoms with Crippen LogP contribution in [-0.4, -0.2) is 40.0 Å². The number of carbonyl (C=O) groups excluding carboxylic acids is 2. The van der Waals surface area contributed by atoms with Crippen molar-refractivity contribution in [3.63, 3.8) is 0 Å². The molecule has 1 amide bonds. The van der Waals surface area contributed by atoms with Gasteiger partial charge in [0, 0.05) is 6.04 Å². The molecule has 30 heavy (non-hydrogen) atoms. The molecule has 1 aliphatic heterocycles. The van der Waals surface area contributed by atoms with Gasteiger partial charge < -0.3 is 19.8 Å². The maximum absolute atomic E-state index is 13.1. The molecular weight excluding hydrogens is 382 g/mol. The Morgan fingerprint density at radius 3 is 2.37 bits per heavy atom. The summed E-state index contributed by atoms with van der Waals surface area (Å²) in [5, 5.41) is 20.9. The van der Waals surface area contributed by atoms with Gasteiger partial charge in [0.05, 0.1) is 24.3 Å². The number of aliphatic hydroxyl groups is 1. The number of aryl methyl sites for hydroxylation is 1. The van der Waals surface area contributed by atoms with Gasteiger partial charge >= 0.3 is 0 Å². The van der Waals surface area contributed by atoms with Crippen LogP contribution in [0, 0.1) is 6.92 Å². The van der Waals surface area contributed by atoms with Crippen molar-refractivity contribution in [3.05, 3.63) is 64.7 Å². The van der Waals surface area contributed by atoms with Crippen molar-refractivity contribution in [2.75, 3.05) is 7.11 Å². The second kappa shape index (κ2) is 7.86. The third kappa shape index (κ3) is 3.32. The number of phenolic OH excluding ortho intramolecular Hbond substituents is 1. The number of phenols is 1. The van der Waals surface area contributed by atoms with Gasteiger partial charge in [0.15, 0.2) is 0 Å². The molecular formula is C24H25NO5. The molecule has 2 fully saturated rings. The molecule has 1 atom stereocenters. The molecule has 1 unspecified atom stereocenters. The van der Waals surface area contributed by atoms with Crippen molar-refractivity contribution < 1.29 is 24.5 Å². The molecule has 2 N–H and O–H groups in total. The molecule has 1 heterocycles. The molecule has 6 heteroatoms. The van der Waals surface area contributed by atoms with Crippen molar-refractivity contribution >= 4 is 17.4 Å². The van der Waals surface area contributed by atoms with Gasteiger partial charge in [-0.2, -0.15) is 0 Å². The maximum Gasteiger partial charge on any atom is 0.295 e. The smallest absolute Gasteiger partial charge is 0.295 e. The fraction of sp³-hybridized carbons (Fsp3) is 0.333. The zero-order valence-corrected chi connectivity index (χ0v) is 17.1. The lowest BCUT2D eigenvalue weighted by molar-refractivity contribution is -0.141. The van der Waals surface area contributed by atoms with Crippen LogP contribution >= 0.6 is 0 Å². The highest BCUT2D eigenvalue weighted by Gasteiger charge is 2.49. The van der Waals surface area contributed by atoms with Gasteiger partial charge in [-0.05, 0) is 49.6 Å². The number of methoxy groups -OCH3 is 1. The van der Waals surface area contributed by atoms with E-state index in [2.05, 4.69) is 0 Å². The quantitative estimate of drug-likeness (QED) is 0.453. The molecule has 1 saturated heterocycles. The second-order valence-corrected chi connectivity index (χ2v) is 7.94. The van der Waals surface area contributed by atoms with Gasteiger partial charge in [0.2, 0.25) is 0 Å². The SMILES string of the molecule is COc1ccc(C)cc1/C(O)=C1\C(=O)C(=O)N(C2CCCC2)C1c1ccc(O)cc1. The van der Waals surface area contributed by atoms with Crippen LogP contribution in [0.4, 0.5) is 0 Å². The number of ether oxygens (including phenoxy) is 1. The average molecular weight is 407 g/mol. The normalized spacial score (nSPS) is 21.4. The average Bonchev–Trinajstić information content (AvgIpc) is 3.35. The van der Waals surface area contributed by atoms with E-state index in [1.165, 1.54) is 19.2 Å². The Morgan fingerprint density at radius 1 is 1.07 bits per heavy atom. The number of amides is 1. The van der Waals surface area contributed by atoms with Gasteiger partial charge in [-0.3, -0.25) is 9.59 Å². The monoisotopic (exact) mass is 407 g/mol. The fourth-order valence-corrected chi connectivity index (χ4v) is 4.54. The number of hydrogen-bond donors (Lipinski definition) is 2. The summed E-state index contributed by atoms with van der Waals surface area (Å²) in [6.07, 6.45) is 3.66. The summed E-state index contributed by atoms with van der Waals surface area (Å²) in [5.41, 5.74) is 2.00. The summed E-state index contributed by atoms with van der Waals surface area (Å²) in [6.45, 7) is 1.88. The van der Waals surface area contributed by atoms with E-state index in [4.69, 9.17) is 4.74 Å². The van der Waals surface area contributed by atoms with Crippen molar-refractivity contribution in [1.29, 1.82) is 0 Å². The predicted molar refractivity (Wildman–Crippen MR) is 112 cm³/mol. The Morgan fingerprint density at radius 2 is 1.73 bits per heavy atom. The van der Waals surface area contributed by atoms with Gasteiger partial charge in [-0.25, -0.2) is 0 Å². The molecule has 0 bridgehead atoms. The lowest BCUT2D eigenvalue weighted by Gasteiger charge is -2.30. The minimum absolute atomic E-state index is 0.0510. The van der Waals surface area contributed by atoms with Crippen LogP contribution in [0.15, 0.2) is 48.0 Å². The molecule has 1 saturated carbocycles. The maximum atomic E-state index is 13.1. The van der Waals surface area contributed by atoms with Gasteiger partial charge in [-0.1, -0.05) is 36.6 Å². The van der Waals surface area contributed by atoms with E-state index in [0.29, 0.717) is 16.9 Å². The summed E-state index contributed by atoms with van der Waals surface area (Å²) in [4.78, 5) is 27.8. The van der Waals surface area contributed by atoms with E-state index >= 15 is 0 Å². The molecule has 156 valence electrons. The van der Waals surface area contributed by atoms with E-state index < -0.39 is 17.7 Å². The highest BCUT2D eigenvalue weighted by Crippen LogP contribution is 2.44. The number of nitrogens with zero attached hydrogens (tertiary/aromatic N) is 1. The third-order valence-corrected chi connectivity index (χ3v) is 6.02. The van der Waals surface area contributed by atoms with Crippen molar-refractivity contribution in [2.24, 2.45) is 0 Å². The lowest BCUT2D eigenvalue weighted by Crippen LogP contribution is -2.37. The first-order chi connectivity index (χ1) is 14.4. The van der Waals surface area contributed by atoms with E-state index in [1.54, 1.807) is 29.2 Å². The van der Waals surface area contributed by atoms with Gasteiger partial charge in [-0.15, -0.1) is 0 Å². The lowest BCUT2D eigenvalue weighted by atomic mass is 9.94. The number of hydrogen-bond acceptors (Lipinski definition) is 5. The standard InChI is InChI=1S/C24H25NO5/c1-14-7-12-19(30-2)18(13-14)22(27)20-21(15-8-10-17(26)11-9-15)25(24(29)23(20)28)16-5-3-4-6-16/h7-13,16,21,26-27H,3-6H2,1-2H3/b22-20+. The third-order valence-electron chi connectivity index (χ3n) is 6.02. The van der Waals surface area contributed by atoms with Crippen LogP contribution in [0.1, 0.15) is 48.4 Å². The van der Waals surface area contributed by atoms with Crippen LogP contribution < -0.4 is 4.74 Å². The first-order valence-corrected chi connectivity index (χ1v) is 10.2. The fourth-order valence-electron chi connectivity index (χ4n) is 4.54. The molecule has 2 aromatic rings. The summed E-state index contributed by atoms with van der Waals surface area (Å²) in [7, 11) is 1.50. The highest BCUT2D eigenvalue weighted by molar-refractivity contribution is 6.46. The Balaban J connectivity index is 1.92.